The monoisotopic (exact) mass is 531 g/mol. The first-order valence-electron chi connectivity index (χ1n) is 12.0. The molecule has 0 saturated carbocycles. The predicted molar refractivity (Wildman–Crippen MR) is 127 cm³/mol. The summed E-state index contributed by atoms with van der Waals surface area (Å²) in [6.07, 6.45) is -2.12. The lowest BCUT2D eigenvalue weighted by Crippen LogP contribution is -2.22. The zero-order chi connectivity index (χ0) is 26.8. The van der Waals surface area contributed by atoms with Crippen LogP contribution in [0.1, 0.15) is 59.7 Å². The van der Waals surface area contributed by atoms with Gasteiger partial charge in [-0.3, -0.25) is 0 Å². The highest BCUT2D eigenvalue weighted by Gasteiger charge is 2.45. The average molecular weight is 531 g/mol. The summed E-state index contributed by atoms with van der Waals surface area (Å²) >= 11 is 0. The number of para-hydroxylation sites is 2. The van der Waals surface area contributed by atoms with E-state index in [0.29, 0.717) is 28.9 Å². The third-order valence-electron chi connectivity index (χ3n) is 7.17. The number of rotatable bonds is 5. The quantitative estimate of drug-likeness (QED) is 0.338. The fraction of sp³-hybridized carbons (Fsp3) is 0.346. The Morgan fingerprint density at radius 2 is 1.92 bits per heavy atom. The predicted octanol–water partition coefficient (Wildman–Crippen LogP) is 5.35. The smallest absolute Gasteiger partial charge is 0.420 e. The minimum atomic E-state index is -5.02. The second kappa shape index (κ2) is 8.98. The Morgan fingerprint density at radius 3 is 2.61 bits per heavy atom. The maximum atomic E-state index is 14.7. The van der Waals surface area contributed by atoms with E-state index < -0.39 is 36.1 Å². The van der Waals surface area contributed by atoms with Crippen molar-refractivity contribution in [2.75, 3.05) is 6.61 Å². The van der Waals surface area contributed by atoms with E-state index in [1.54, 1.807) is 6.92 Å². The van der Waals surface area contributed by atoms with Crippen LogP contribution >= 0.6 is 0 Å². The largest absolute Gasteiger partial charge is 0.434 e. The fourth-order valence-corrected chi connectivity index (χ4v) is 5.55. The number of aliphatic hydroxyl groups is 1. The summed E-state index contributed by atoms with van der Waals surface area (Å²) in [5, 5.41) is 12.8. The van der Waals surface area contributed by atoms with Crippen molar-refractivity contribution in [2.24, 2.45) is 0 Å². The Bertz CT molecular complexity index is 1520. The standard InChI is InChI=1S/C26H22F5N5O2/c1-12(11-37)23-33-9-14(10-34-23)21-20-13(6-19(38-25(27)28)22(21)26(29,30)31)8-32-16-7-18(20)36-17-5-3-2-4-15(17)35-24(16)36/h2-6,9-10,12,16,18,25,32,37H,7-8,11H2,1H3/t12?,16-,18-/m1/s1. The van der Waals surface area contributed by atoms with E-state index in [1.807, 2.05) is 28.8 Å². The maximum Gasteiger partial charge on any atom is 0.420 e. The Hall–Kier alpha value is -3.64. The van der Waals surface area contributed by atoms with Crippen LogP contribution in [0.3, 0.4) is 0 Å². The number of imidazole rings is 1. The van der Waals surface area contributed by atoms with E-state index in [1.165, 1.54) is 12.4 Å². The number of ether oxygens (including phenoxy) is 1. The number of aliphatic hydroxyl groups excluding tert-OH is 1. The number of hydrogen-bond acceptors (Lipinski definition) is 6. The highest BCUT2D eigenvalue weighted by Crippen LogP contribution is 2.53. The van der Waals surface area contributed by atoms with E-state index in [0.717, 1.165) is 11.6 Å². The Morgan fingerprint density at radius 1 is 1.18 bits per heavy atom. The van der Waals surface area contributed by atoms with Crippen LogP contribution in [0.4, 0.5) is 22.0 Å². The highest BCUT2D eigenvalue weighted by molar-refractivity contribution is 5.80. The molecule has 6 rings (SSSR count). The molecule has 3 atom stereocenters. The lowest BCUT2D eigenvalue weighted by atomic mass is 9.86. The minimum Gasteiger partial charge on any atom is -0.434 e. The number of nitrogens with zero attached hydrogens (tertiary/aromatic N) is 4. The third kappa shape index (κ3) is 3.90. The van der Waals surface area contributed by atoms with Crippen LogP contribution in [0.15, 0.2) is 42.7 Å². The van der Waals surface area contributed by atoms with Crippen LogP contribution < -0.4 is 10.1 Å². The molecular formula is C26H22F5N5O2. The van der Waals surface area contributed by atoms with E-state index in [4.69, 9.17) is 4.98 Å². The molecule has 2 aromatic heterocycles. The van der Waals surface area contributed by atoms with Crippen molar-refractivity contribution in [3.05, 3.63) is 71.1 Å². The second-order valence-corrected chi connectivity index (χ2v) is 9.50. The van der Waals surface area contributed by atoms with Crippen molar-refractivity contribution in [3.8, 4) is 16.9 Å². The molecule has 0 radical (unpaired) electrons. The van der Waals surface area contributed by atoms with Gasteiger partial charge in [0.05, 0.1) is 29.7 Å². The molecule has 1 unspecified atom stereocenters. The second-order valence-electron chi connectivity index (χ2n) is 9.50. The van der Waals surface area contributed by atoms with E-state index >= 15 is 0 Å². The molecular weight excluding hydrogens is 509 g/mol. The first-order chi connectivity index (χ1) is 18.2. The molecule has 7 nitrogen and oxygen atoms in total. The van der Waals surface area contributed by atoms with Gasteiger partial charge in [-0.25, -0.2) is 15.0 Å². The normalized spacial score (nSPS) is 19.4. The van der Waals surface area contributed by atoms with Crippen LogP contribution in [-0.4, -0.2) is 37.8 Å². The SMILES string of the molecule is CC(CO)c1ncc(-c2c3c(cc(OC(F)F)c2C(F)(F)F)CN[C@@H]2C[C@H]3n3c2nc2ccccc23)cn1. The maximum absolute atomic E-state index is 14.7. The first-order valence-corrected chi connectivity index (χ1v) is 12.0. The molecule has 2 aromatic carbocycles. The molecule has 0 fully saturated rings. The third-order valence-corrected chi connectivity index (χ3v) is 7.17. The molecule has 2 bridgehead atoms. The average Bonchev–Trinajstić information content (AvgIpc) is 3.36. The molecule has 4 heterocycles. The van der Waals surface area contributed by atoms with Crippen LogP contribution in [0.5, 0.6) is 5.75 Å². The van der Waals surface area contributed by atoms with Crippen LogP contribution in [-0.2, 0) is 12.7 Å². The number of nitrogens with one attached hydrogen (secondary N) is 1. The number of benzene rings is 2. The number of aromatic nitrogens is 4. The zero-order valence-corrected chi connectivity index (χ0v) is 20.0. The van der Waals surface area contributed by atoms with E-state index in [9.17, 15) is 27.1 Å². The lowest BCUT2D eigenvalue weighted by molar-refractivity contribution is -0.141. The van der Waals surface area contributed by atoms with Gasteiger partial charge in [-0.05, 0) is 35.7 Å². The fourth-order valence-electron chi connectivity index (χ4n) is 5.55. The van der Waals surface area contributed by atoms with Gasteiger partial charge in [-0.15, -0.1) is 0 Å². The zero-order valence-electron chi connectivity index (χ0n) is 20.0. The van der Waals surface area contributed by atoms with Gasteiger partial charge in [-0.1, -0.05) is 19.1 Å². The van der Waals surface area contributed by atoms with Gasteiger partial charge < -0.3 is 19.7 Å². The molecule has 198 valence electrons. The van der Waals surface area contributed by atoms with Crippen LogP contribution in [0.25, 0.3) is 22.2 Å². The first kappa shape index (κ1) is 24.7. The molecule has 2 aliphatic heterocycles. The summed E-state index contributed by atoms with van der Waals surface area (Å²) in [4.78, 5) is 13.1. The van der Waals surface area contributed by atoms with Crippen LogP contribution in [0, 0.1) is 0 Å². The molecule has 0 saturated heterocycles. The highest BCUT2D eigenvalue weighted by atomic mass is 19.4. The van der Waals surface area contributed by atoms with Crippen molar-refractivity contribution in [3.63, 3.8) is 0 Å². The van der Waals surface area contributed by atoms with Crippen molar-refractivity contribution in [1.29, 1.82) is 0 Å². The number of halogens is 5. The summed E-state index contributed by atoms with van der Waals surface area (Å²) in [7, 11) is 0. The summed E-state index contributed by atoms with van der Waals surface area (Å²) in [5.74, 6) is -0.431. The molecule has 0 aliphatic carbocycles. The van der Waals surface area contributed by atoms with E-state index in [-0.39, 0.29) is 36.1 Å². The summed E-state index contributed by atoms with van der Waals surface area (Å²) in [6.45, 7) is -1.89. The van der Waals surface area contributed by atoms with Crippen molar-refractivity contribution in [2.45, 2.75) is 50.7 Å². The van der Waals surface area contributed by atoms with Gasteiger partial charge in [0.2, 0.25) is 0 Å². The molecule has 0 spiro atoms. The van der Waals surface area contributed by atoms with Crippen molar-refractivity contribution in [1.82, 2.24) is 24.8 Å². The van der Waals surface area contributed by atoms with Gasteiger partial charge in [0.25, 0.3) is 0 Å². The summed E-state index contributed by atoms with van der Waals surface area (Å²) in [5.41, 5.74) is 0.628. The Kier molecular flexibility index (Phi) is 5.84. The van der Waals surface area contributed by atoms with Gasteiger partial charge in [0, 0.05) is 36.0 Å². The van der Waals surface area contributed by atoms with E-state index in [2.05, 4.69) is 20.0 Å². The Balaban J connectivity index is 1.66. The molecule has 2 aliphatic rings. The molecule has 0 amide bonds. The number of hydrogen-bond donors (Lipinski definition) is 2. The number of alkyl halides is 5. The van der Waals surface area contributed by atoms with Gasteiger partial charge in [0.15, 0.2) is 0 Å². The molecule has 2 N–H and O–H groups in total. The van der Waals surface area contributed by atoms with Crippen molar-refractivity contribution >= 4 is 11.0 Å². The summed E-state index contributed by atoms with van der Waals surface area (Å²) in [6, 6.07) is 7.62. The topological polar surface area (TPSA) is 85.1 Å². The minimum absolute atomic E-state index is 0.0125. The molecule has 12 heteroatoms. The van der Waals surface area contributed by atoms with Gasteiger partial charge in [0.1, 0.15) is 23.0 Å². The van der Waals surface area contributed by atoms with Gasteiger partial charge >= 0.3 is 12.8 Å². The van der Waals surface area contributed by atoms with Crippen molar-refractivity contribution < 1.29 is 31.8 Å². The Labute approximate surface area is 213 Å². The summed E-state index contributed by atoms with van der Waals surface area (Å²) < 4.78 is 77.1. The lowest BCUT2D eigenvalue weighted by Gasteiger charge is -2.27. The number of fused-ring (bicyclic) bond motifs is 9. The van der Waals surface area contributed by atoms with Crippen LogP contribution in [0.2, 0.25) is 0 Å². The molecule has 38 heavy (non-hydrogen) atoms. The van der Waals surface area contributed by atoms with Gasteiger partial charge in [-0.2, -0.15) is 22.0 Å². The molecule has 4 aromatic rings.